The van der Waals surface area contributed by atoms with Gasteiger partial charge in [0.05, 0.1) is 19.0 Å². The minimum absolute atomic E-state index is 0.400. The Morgan fingerprint density at radius 2 is 2.29 bits per heavy atom. The summed E-state index contributed by atoms with van der Waals surface area (Å²) in [5.41, 5.74) is 2.66. The van der Waals surface area contributed by atoms with E-state index in [1.54, 1.807) is 12.4 Å². The van der Waals surface area contributed by atoms with Gasteiger partial charge in [0.15, 0.2) is 17.3 Å². The van der Waals surface area contributed by atoms with Crippen LogP contribution < -0.4 is 5.32 Å². The normalized spacial score (nSPS) is 17.9. The molecule has 1 saturated heterocycles. The highest BCUT2D eigenvalue weighted by molar-refractivity contribution is 5.71. The number of rotatable bonds is 5. The van der Waals surface area contributed by atoms with Crippen molar-refractivity contribution in [1.82, 2.24) is 29.9 Å². The highest BCUT2D eigenvalue weighted by Crippen LogP contribution is 2.20. The average Bonchev–Trinajstić information content (AvgIpc) is 3.30. The minimum atomic E-state index is 0.400. The van der Waals surface area contributed by atoms with Crippen LogP contribution in [0.4, 0.5) is 11.6 Å². The molecule has 8 nitrogen and oxygen atoms in total. The maximum absolute atomic E-state index is 5.44. The molecule has 0 bridgehead atoms. The van der Waals surface area contributed by atoms with Crippen LogP contribution in [0.25, 0.3) is 11.2 Å². The number of hydrogen-bond donors (Lipinski definition) is 2. The number of anilines is 2. The Morgan fingerprint density at radius 3 is 3.04 bits per heavy atom. The number of fused-ring (bicyclic) bond motifs is 1. The largest absolute Gasteiger partial charge is 0.381 e. The van der Waals surface area contributed by atoms with Crippen molar-refractivity contribution in [3.63, 3.8) is 0 Å². The van der Waals surface area contributed by atoms with E-state index in [2.05, 4.69) is 44.4 Å². The number of nitrogens with zero attached hydrogens (tertiary/aromatic N) is 5. The van der Waals surface area contributed by atoms with Gasteiger partial charge in [0.2, 0.25) is 0 Å². The summed E-state index contributed by atoms with van der Waals surface area (Å²) in [6.45, 7) is 6.67. The van der Waals surface area contributed by atoms with Crippen LogP contribution in [0, 0.1) is 5.92 Å². The molecule has 0 radical (unpaired) electrons. The fourth-order valence-corrected chi connectivity index (χ4v) is 2.84. The second-order valence-corrected chi connectivity index (χ2v) is 6.51. The Morgan fingerprint density at radius 1 is 1.38 bits per heavy atom. The topological polar surface area (TPSA) is 93.5 Å². The van der Waals surface area contributed by atoms with Gasteiger partial charge in [-0.05, 0) is 12.3 Å². The molecule has 1 aliphatic heterocycles. The molecule has 1 fully saturated rings. The third-order valence-electron chi connectivity index (χ3n) is 4.28. The number of hydrogen-bond acceptors (Lipinski definition) is 6. The van der Waals surface area contributed by atoms with Gasteiger partial charge in [-0.3, -0.25) is 5.10 Å². The van der Waals surface area contributed by atoms with Crippen LogP contribution in [0.1, 0.15) is 31.9 Å². The summed E-state index contributed by atoms with van der Waals surface area (Å²) < 4.78 is 7.35. The van der Waals surface area contributed by atoms with E-state index < -0.39 is 0 Å². The van der Waals surface area contributed by atoms with Gasteiger partial charge < -0.3 is 10.1 Å². The quantitative estimate of drug-likeness (QED) is 0.747. The first kappa shape index (κ1) is 15.1. The fraction of sp³-hybridized carbons (Fsp3) is 0.500. The Balaban J connectivity index is 1.56. The first-order valence-corrected chi connectivity index (χ1v) is 8.27. The Hall–Kier alpha value is -2.48. The molecule has 0 unspecified atom stereocenters. The lowest BCUT2D eigenvalue weighted by Gasteiger charge is -2.08. The molecule has 4 heterocycles. The predicted octanol–water partition coefficient (Wildman–Crippen LogP) is 2.45. The van der Waals surface area contributed by atoms with Gasteiger partial charge in [0.1, 0.15) is 5.52 Å². The molecule has 2 N–H and O–H groups in total. The van der Waals surface area contributed by atoms with Gasteiger partial charge >= 0.3 is 0 Å². The monoisotopic (exact) mass is 327 g/mol. The maximum Gasteiger partial charge on any atom is 0.178 e. The molecule has 24 heavy (non-hydrogen) atoms. The summed E-state index contributed by atoms with van der Waals surface area (Å²) in [7, 11) is 0. The van der Waals surface area contributed by atoms with E-state index in [4.69, 9.17) is 4.74 Å². The summed E-state index contributed by atoms with van der Waals surface area (Å²) in [4.78, 5) is 9.10. The molecule has 3 aromatic rings. The van der Waals surface area contributed by atoms with Crippen LogP contribution >= 0.6 is 0 Å². The van der Waals surface area contributed by atoms with E-state index in [9.17, 15) is 0 Å². The van der Waals surface area contributed by atoms with E-state index in [1.165, 1.54) is 0 Å². The zero-order valence-corrected chi connectivity index (χ0v) is 13.9. The minimum Gasteiger partial charge on any atom is -0.381 e. The van der Waals surface area contributed by atoms with Crippen LogP contribution in [0.3, 0.4) is 0 Å². The van der Waals surface area contributed by atoms with Crippen LogP contribution in [-0.4, -0.2) is 43.2 Å². The lowest BCUT2D eigenvalue weighted by atomic mass is 10.1. The highest BCUT2D eigenvalue weighted by Gasteiger charge is 2.18. The van der Waals surface area contributed by atoms with Crippen LogP contribution in [-0.2, 0) is 11.3 Å². The molecule has 3 aromatic heterocycles. The number of ether oxygens (including phenoxy) is 1. The van der Waals surface area contributed by atoms with Crippen LogP contribution in [0.5, 0.6) is 0 Å². The average molecular weight is 327 g/mol. The summed E-state index contributed by atoms with van der Waals surface area (Å²) in [6.07, 6.45) is 4.53. The smallest absolute Gasteiger partial charge is 0.178 e. The Kier molecular flexibility index (Phi) is 3.89. The lowest BCUT2D eigenvalue weighted by molar-refractivity contribution is 0.182. The van der Waals surface area contributed by atoms with Gasteiger partial charge in [-0.25, -0.2) is 14.6 Å². The van der Waals surface area contributed by atoms with E-state index in [0.29, 0.717) is 17.7 Å². The lowest BCUT2D eigenvalue weighted by Crippen LogP contribution is -2.12. The van der Waals surface area contributed by atoms with Crippen molar-refractivity contribution >= 4 is 22.8 Å². The third-order valence-corrected chi connectivity index (χ3v) is 4.28. The van der Waals surface area contributed by atoms with Crippen molar-refractivity contribution in [3.8, 4) is 0 Å². The standard InChI is InChI=1S/C16H21N7O/c1-10(2)12-5-14(22-21-12)19-15-7-17-13-6-18-23(16(13)20-15)8-11-3-4-24-9-11/h5-7,10-11H,3-4,8-9H2,1-2H3,(H2,19,20,21,22)/t11-/m1/s1. The van der Waals surface area contributed by atoms with Crippen LogP contribution in [0.2, 0.25) is 0 Å². The number of aromatic amines is 1. The molecule has 0 spiro atoms. The molecule has 126 valence electrons. The van der Waals surface area contributed by atoms with Crippen molar-refractivity contribution in [2.75, 3.05) is 18.5 Å². The van der Waals surface area contributed by atoms with Gasteiger partial charge in [-0.15, -0.1) is 0 Å². The predicted molar refractivity (Wildman–Crippen MR) is 90.2 cm³/mol. The summed E-state index contributed by atoms with van der Waals surface area (Å²) >= 11 is 0. The molecule has 4 rings (SSSR count). The molecule has 1 aliphatic rings. The van der Waals surface area contributed by atoms with E-state index >= 15 is 0 Å². The summed E-state index contributed by atoms with van der Waals surface area (Å²) in [6, 6.07) is 1.99. The Bertz CT molecular complexity index is 832. The second-order valence-electron chi connectivity index (χ2n) is 6.51. The molecule has 0 aliphatic carbocycles. The highest BCUT2D eigenvalue weighted by atomic mass is 16.5. The molecule has 8 heteroatoms. The first-order chi connectivity index (χ1) is 11.7. The zero-order chi connectivity index (χ0) is 16.5. The van der Waals surface area contributed by atoms with Crippen LogP contribution in [0.15, 0.2) is 18.5 Å². The molecular weight excluding hydrogens is 306 g/mol. The van der Waals surface area contributed by atoms with E-state index in [1.807, 2.05) is 10.7 Å². The number of H-pyrrole nitrogens is 1. The molecule has 0 aromatic carbocycles. The van der Waals surface area contributed by atoms with Gasteiger partial charge in [-0.2, -0.15) is 10.2 Å². The van der Waals surface area contributed by atoms with E-state index in [-0.39, 0.29) is 0 Å². The van der Waals surface area contributed by atoms with E-state index in [0.717, 1.165) is 48.9 Å². The van der Waals surface area contributed by atoms with Crippen molar-refractivity contribution in [1.29, 1.82) is 0 Å². The first-order valence-electron chi connectivity index (χ1n) is 8.27. The van der Waals surface area contributed by atoms with Gasteiger partial charge in [-0.1, -0.05) is 13.8 Å². The zero-order valence-electron chi connectivity index (χ0n) is 13.9. The maximum atomic E-state index is 5.44. The molecular formula is C16H21N7O. The van der Waals surface area contributed by atoms with Gasteiger partial charge in [0.25, 0.3) is 0 Å². The molecule has 0 saturated carbocycles. The summed E-state index contributed by atoms with van der Waals surface area (Å²) in [5, 5.41) is 14.9. The van der Waals surface area contributed by atoms with Crippen molar-refractivity contribution in [2.24, 2.45) is 5.92 Å². The van der Waals surface area contributed by atoms with Crippen molar-refractivity contribution in [3.05, 3.63) is 24.2 Å². The molecule has 1 atom stereocenters. The van der Waals surface area contributed by atoms with Crippen molar-refractivity contribution in [2.45, 2.75) is 32.7 Å². The Labute approximate surface area is 139 Å². The van der Waals surface area contributed by atoms with Gasteiger partial charge in [0, 0.05) is 30.8 Å². The molecule has 0 amide bonds. The number of nitrogens with one attached hydrogen (secondary N) is 2. The third kappa shape index (κ3) is 2.96. The number of aromatic nitrogens is 6. The summed E-state index contributed by atoms with van der Waals surface area (Å²) in [5.74, 6) is 2.29. The SMILES string of the molecule is CC(C)c1cc(Nc2cnc3cnn(C[C@H]4CCOC4)c3n2)n[nH]1. The fourth-order valence-electron chi connectivity index (χ4n) is 2.84. The second kappa shape index (κ2) is 6.20. The van der Waals surface area contributed by atoms with Crippen molar-refractivity contribution < 1.29 is 4.74 Å².